The van der Waals surface area contributed by atoms with Crippen LogP contribution in [0.5, 0.6) is 11.6 Å². The van der Waals surface area contributed by atoms with Crippen molar-refractivity contribution in [1.82, 2.24) is 9.97 Å². The van der Waals surface area contributed by atoms with Crippen LogP contribution in [0, 0.1) is 10.5 Å². The summed E-state index contributed by atoms with van der Waals surface area (Å²) in [5, 5.41) is 0.382. The number of ether oxygens (including phenoxy) is 1. The normalized spacial score (nSPS) is 10.2. The van der Waals surface area contributed by atoms with Gasteiger partial charge in [0, 0.05) is 9.64 Å². The molecule has 0 bridgehead atoms. The van der Waals surface area contributed by atoms with Crippen LogP contribution in [-0.4, -0.2) is 9.97 Å². The van der Waals surface area contributed by atoms with E-state index in [0.29, 0.717) is 16.9 Å². The third-order valence-corrected chi connectivity index (χ3v) is 2.73. The van der Waals surface area contributed by atoms with Gasteiger partial charge in [0.05, 0.1) is 0 Å². The molecule has 3 nitrogen and oxygen atoms in total. The molecule has 2 rings (SSSR count). The minimum Gasteiger partial charge on any atom is -0.439 e. The molecule has 0 fully saturated rings. The van der Waals surface area contributed by atoms with Gasteiger partial charge in [0.15, 0.2) is 0 Å². The molecule has 0 aliphatic heterocycles. The van der Waals surface area contributed by atoms with Gasteiger partial charge in [-0.1, -0.05) is 11.6 Å². The predicted molar refractivity (Wildman–Crippen MR) is 71.0 cm³/mol. The molecule has 0 atom stereocenters. The maximum absolute atomic E-state index is 5.81. The standard InChI is InChI=1S/C11H8ClIN2O/c1-7-14-10(12)6-11(15-7)16-9-4-2-8(13)3-5-9/h2-6H,1H3. The largest absolute Gasteiger partial charge is 0.439 e. The summed E-state index contributed by atoms with van der Waals surface area (Å²) < 4.78 is 6.71. The van der Waals surface area contributed by atoms with Gasteiger partial charge in [-0.25, -0.2) is 4.98 Å². The topological polar surface area (TPSA) is 35.0 Å². The number of hydrogen-bond donors (Lipinski definition) is 0. The number of benzene rings is 1. The van der Waals surface area contributed by atoms with Gasteiger partial charge in [-0.3, -0.25) is 0 Å². The van der Waals surface area contributed by atoms with E-state index in [4.69, 9.17) is 16.3 Å². The quantitative estimate of drug-likeness (QED) is 0.612. The maximum Gasteiger partial charge on any atom is 0.224 e. The van der Waals surface area contributed by atoms with Crippen LogP contribution >= 0.6 is 34.2 Å². The molecular formula is C11H8ClIN2O. The molecule has 0 N–H and O–H groups in total. The Morgan fingerprint density at radius 2 is 1.88 bits per heavy atom. The van der Waals surface area contributed by atoms with Crippen molar-refractivity contribution in [3.8, 4) is 11.6 Å². The van der Waals surface area contributed by atoms with E-state index in [1.54, 1.807) is 13.0 Å². The molecule has 2 aromatic rings. The predicted octanol–water partition coefficient (Wildman–Crippen LogP) is 3.84. The lowest BCUT2D eigenvalue weighted by molar-refractivity contribution is 0.460. The van der Waals surface area contributed by atoms with Gasteiger partial charge in [0.2, 0.25) is 5.88 Å². The lowest BCUT2D eigenvalue weighted by Crippen LogP contribution is -1.93. The zero-order valence-corrected chi connectivity index (χ0v) is 11.4. The molecule has 16 heavy (non-hydrogen) atoms. The highest BCUT2D eigenvalue weighted by Gasteiger charge is 2.02. The van der Waals surface area contributed by atoms with Crippen molar-refractivity contribution in [3.05, 3.63) is 44.9 Å². The Labute approximate surface area is 112 Å². The monoisotopic (exact) mass is 346 g/mol. The molecule has 1 aromatic heterocycles. The minimum absolute atomic E-state index is 0.382. The Bertz CT molecular complexity index is 482. The second-order valence-electron chi connectivity index (χ2n) is 3.13. The van der Waals surface area contributed by atoms with Crippen molar-refractivity contribution >= 4 is 34.2 Å². The van der Waals surface area contributed by atoms with E-state index in [9.17, 15) is 0 Å². The first-order valence-electron chi connectivity index (χ1n) is 4.58. The van der Waals surface area contributed by atoms with Gasteiger partial charge in [-0.2, -0.15) is 4.98 Å². The number of aryl methyl sites for hydroxylation is 1. The van der Waals surface area contributed by atoms with Crippen LogP contribution in [0.25, 0.3) is 0 Å². The van der Waals surface area contributed by atoms with Crippen LogP contribution in [0.15, 0.2) is 30.3 Å². The fourth-order valence-corrected chi connectivity index (χ4v) is 1.76. The summed E-state index contributed by atoms with van der Waals surface area (Å²) in [7, 11) is 0. The van der Waals surface area contributed by atoms with E-state index in [0.717, 1.165) is 9.32 Å². The van der Waals surface area contributed by atoms with Crippen molar-refractivity contribution in [3.63, 3.8) is 0 Å². The molecule has 0 aliphatic rings. The summed E-state index contributed by atoms with van der Waals surface area (Å²) in [6, 6.07) is 9.28. The fraction of sp³-hybridized carbons (Fsp3) is 0.0909. The zero-order valence-electron chi connectivity index (χ0n) is 8.45. The third-order valence-electron chi connectivity index (χ3n) is 1.82. The van der Waals surface area contributed by atoms with Gasteiger partial charge < -0.3 is 4.74 Å². The van der Waals surface area contributed by atoms with Crippen molar-refractivity contribution in [1.29, 1.82) is 0 Å². The van der Waals surface area contributed by atoms with Crippen molar-refractivity contribution in [2.24, 2.45) is 0 Å². The molecule has 0 radical (unpaired) electrons. The number of hydrogen-bond acceptors (Lipinski definition) is 3. The van der Waals surface area contributed by atoms with Crippen molar-refractivity contribution in [2.45, 2.75) is 6.92 Å². The maximum atomic E-state index is 5.81. The van der Waals surface area contributed by atoms with Gasteiger partial charge in [0.25, 0.3) is 0 Å². The first-order valence-corrected chi connectivity index (χ1v) is 6.04. The van der Waals surface area contributed by atoms with Crippen molar-refractivity contribution < 1.29 is 4.74 Å². The van der Waals surface area contributed by atoms with Crippen LogP contribution in [-0.2, 0) is 0 Å². The Morgan fingerprint density at radius 3 is 2.50 bits per heavy atom. The van der Waals surface area contributed by atoms with E-state index in [-0.39, 0.29) is 0 Å². The van der Waals surface area contributed by atoms with Crippen LogP contribution in [0.4, 0.5) is 0 Å². The van der Waals surface area contributed by atoms with E-state index in [1.165, 1.54) is 0 Å². The van der Waals surface area contributed by atoms with E-state index >= 15 is 0 Å². The molecule has 0 amide bonds. The molecular weight excluding hydrogens is 338 g/mol. The second-order valence-corrected chi connectivity index (χ2v) is 4.76. The van der Waals surface area contributed by atoms with Gasteiger partial charge in [-0.05, 0) is 53.8 Å². The number of halogens is 2. The highest BCUT2D eigenvalue weighted by Crippen LogP contribution is 2.22. The van der Waals surface area contributed by atoms with Crippen LogP contribution in [0.2, 0.25) is 5.15 Å². The van der Waals surface area contributed by atoms with E-state index in [1.807, 2.05) is 24.3 Å². The highest BCUT2D eigenvalue weighted by molar-refractivity contribution is 14.1. The zero-order chi connectivity index (χ0) is 11.5. The summed E-state index contributed by atoms with van der Waals surface area (Å²) in [6.07, 6.45) is 0. The smallest absolute Gasteiger partial charge is 0.224 e. The van der Waals surface area contributed by atoms with Crippen LogP contribution in [0.3, 0.4) is 0 Å². The Hall–Kier alpha value is -0.880. The molecule has 0 saturated heterocycles. The third kappa shape index (κ3) is 3.05. The summed E-state index contributed by atoms with van der Waals surface area (Å²) in [5.41, 5.74) is 0. The Balaban J connectivity index is 2.23. The Morgan fingerprint density at radius 1 is 1.19 bits per heavy atom. The highest BCUT2D eigenvalue weighted by atomic mass is 127. The molecule has 0 unspecified atom stereocenters. The summed E-state index contributed by atoms with van der Waals surface area (Å²) >= 11 is 8.05. The average molecular weight is 347 g/mol. The minimum atomic E-state index is 0.382. The number of aromatic nitrogens is 2. The van der Waals surface area contributed by atoms with Crippen molar-refractivity contribution in [2.75, 3.05) is 0 Å². The summed E-state index contributed by atoms with van der Waals surface area (Å²) in [6.45, 7) is 1.77. The summed E-state index contributed by atoms with van der Waals surface area (Å²) in [5.74, 6) is 1.78. The van der Waals surface area contributed by atoms with E-state index < -0.39 is 0 Å². The molecule has 0 spiro atoms. The fourth-order valence-electron chi connectivity index (χ4n) is 1.18. The first-order chi connectivity index (χ1) is 7.63. The van der Waals surface area contributed by atoms with Gasteiger partial charge >= 0.3 is 0 Å². The molecule has 5 heteroatoms. The lowest BCUT2D eigenvalue weighted by atomic mass is 10.3. The number of nitrogens with zero attached hydrogens (tertiary/aromatic N) is 2. The molecule has 0 saturated carbocycles. The lowest BCUT2D eigenvalue weighted by Gasteiger charge is -2.05. The SMILES string of the molecule is Cc1nc(Cl)cc(Oc2ccc(I)cc2)n1. The molecule has 1 heterocycles. The van der Waals surface area contributed by atoms with Gasteiger partial charge in [-0.15, -0.1) is 0 Å². The molecule has 82 valence electrons. The number of rotatable bonds is 2. The average Bonchev–Trinajstić information content (AvgIpc) is 2.20. The first kappa shape index (κ1) is 11.6. The van der Waals surface area contributed by atoms with Crippen LogP contribution < -0.4 is 4.74 Å². The summed E-state index contributed by atoms with van der Waals surface area (Å²) in [4.78, 5) is 8.10. The molecule has 0 aliphatic carbocycles. The van der Waals surface area contributed by atoms with Crippen LogP contribution in [0.1, 0.15) is 5.82 Å². The Kier molecular flexibility index (Phi) is 3.60. The molecule has 1 aromatic carbocycles. The van der Waals surface area contributed by atoms with E-state index in [2.05, 4.69) is 32.6 Å². The van der Waals surface area contributed by atoms with Gasteiger partial charge in [0.1, 0.15) is 16.7 Å². The second kappa shape index (κ2) is 4.97.